The minimum absolute atomic E-state index is 0.182. The van der Waals surface area contributed by atoms with Gasteiger partial charge in [0.15, 0.2) is 0 Å². The molecule has 0 spiro atoms. The van der Waals surface area contributed by atoms with E-state index in [0.29, 0.717) is 10.2 Å². The molecule has 3 N–H and O–H groups in total. The molecule has 0 unspecified atom stereocenters. The molecule has 0 aliphatic carbocycles. The fraction of sp³-hybridized carbons (Fsp3) is 0.143. The molecule has 2 rings (SSSR count). The molecule has 4 nitrogen and oxygen atoms in total. The molecule has 0 saturated heterocycles. The van der Waals surface area contributed by atoms with Crippen LogP contribution in [0.25, 0.3) is 0 Å². The van der Waals surface area contributed by atoms with E-state index in [1.165, 1.54) is 11.8 Å². The van der Waals surface area contributed by atoms with Crippen LogP contribution in [0.15, 0.2) is 56.7 Å². The molecular weight excluding hydrogens is 372 g/mol. The van der Waals surface area contributed by atoms with E-state index in [4.69, 9.17) is 5.73 Å². The maximum Gasteiger partial charge on any atom is 0.263 e. The predicted molar refractivity (Wildman–Crippen MR) is 91.1 cm³/mol. The smallest absolute Gasteiger partial charge is 0.263 e. The number of para-hydroxylation sites is 1. The first kappa shape index (κ1) is 16.4. The van der Waals surface area contributed by atoms with Crippen LogP contribution in [0.5, 0.6) is 0 Å². The number of sulfonamides is 1. The summed E-state index contributed by atoms with van der Waals surface area (Å²) in [5.41, 5.74) is 6.90. The number of benzene rings is 2. The van der Waals surface area contributed by atoms with Crippen LogP contribution >= 0.6 is 27.7 Å². The molecule has 0 aromatic heterocycles. The van der Waals surface area contributed by atoms with E-state index in [1.54, 1.807) is 30.3 Å². The molecule has 0 saturated carbocycles. The van der Waals surface area contributed by atoms with Crippen molar-refractivity contribution in [3.8, 4) is 0 Å². The molecule has 7 heteroatoms. The summed E-state index contributed by atoms with van der Waals surface area (Å²) in [6.45, 7) is 0.289. The van der Waals surface area contributed by atoms with Crippen molar-refractivity contribution in [2.45, 2.75) is 16.3 Å². The second-order valence-corrected chi connectivity index (χ2v) is 7.63. The van der Waals surface area contributed by atoms with Crippen molar-refractivity contribution in [2.24, 2.45) is 5.73 Å². The summed E-state index contributed by atoms with van der Waals surface area (Å²) in [5, 5.41) is 0. The van der Waals surface area contributed by atoms with Gasteiger partial charge in [-0.15, -0.1) is 11.8 Å². The monoisotopic (exact) mass is 386 g/mol. The Morgan fingerprint density at radius 1 is 1.24 bits per heavy atom. The standard InChI is InChI=1S/C14H15BrN2O2S2/c1-20-13-5-3-2-4-12(13)17-21(18,19)14-8-10(9-16)6-7-11(14)15/h2-8,17H,9,16H2,1H3. The van der Waals surface area contributed by atoms with E-state index in [1.807, 2.05) is 18.4 Å². The summed E-state index contributed by atoms with van der Waals surface area (Å²) in [6, 6.07) is 12.3. The van der Waals surface area contributed by atoms with Gasteiger partial charge in [0.25, 0.3) is 10.0 Å². The van der Waals surface area contributed by atoms with Gasteiger partial charge in [0.1, 0.15) is 4.90 Å². The first-order valence-corrected chi connectivity index (χ1v) is 9.62. The molecule has 0 heterocycles. The molecule has 21 heavy (non-hydrogen) atoms. The van der Waals surface area contributed by atoms with Crippen LogP contribution in [0.2, 0.25) is 0 Å². The van der Waals surface area contributed by atoms with E-state index < -0.39 is 10.0 Å². The highest BCUT2D eigenvalue weighted by Gasteiger charge is 2.19. The lowest BCUT2D eigenvalue weighted by Crippen LogP contribution is -2.14. The molecule has 0 amide bonds. The van der Waals surface area contributed by atoms with Gasteiger partial charge in [-0.25, -0.2) is 8.42 Å². The highest BCUT2D eigenvalue weighted by Crippen LogP contribution is 2.29. The van der Waals surface area contributed by atoms with Crippen molar-refractivity contribution in [3.63, 3.8) is 0 Å². The molecule has 0 radical (unpaired) electrons. The highest BCUT2D eigenvalue weighted by molar-refractivity contribution is 9.10. The SMILES string of the molecule is CSc1ccccc1NS(=O)(=O)c1cc(CN)ccc1Br. The van der Waals surface area contributed by atoms with Gasteiger partial charge in [0, 0.05) is 15.9 Å². The average Bonchev–Trinajstić information content (AvgIpc) is 2.47. The Kier molecular flexibility index (Phi) is 5.32. The van der Waals surface area contributed by atoms with Gasteiger partial charge >= 0.3 is 0 Å². The van der Waals surface area contributed by atoms with Crippen molar-refractivity contribution in [2.75, 3.05) is 11.0 Å². The van der Waals surface area contributed by atoms with Crippen LogP contribution in [0.1, 0.15) is 5.56 Å². The van der Waals surface area contributed by atoms with Crippen LogP contribution in [0, 0.1) is 0 Å². The number of hydrogen-bond donors (Lipinski definition) is 2. The molecule has 0 atom stereocenters. The molecule has 0 aliphatic rings. The number of thioether (sulfide) groups is 1. The largest absolute Gasteiger partial charge is 0.326 e. The highest BCUT2D eigenvalue weighted by atomic mass is 79.9. The van der Waals surface area contributed by atoms with E-state index >= 15 is 0 Å². The van der Waals surface area contributed by atoms with E-state index in [9.17, 15) is 8.42 Å². The average molecular weight is 387 g/mol. The van der Waals surface area contributed by atoms with Gasteiger partial charge in [0.05, 0.1) is 5.69 Å². The second kappa shape index (κ2) is 6.83. The zero-order chi connectivity index (χ0) is 15.5. The Bertz CT molecular complexity index is 748. The van der Waals surface area contributed by atoms with Crippen LogP contribution in [0.3, 0.4) is 0 Å². The van der Waals surface area contributed by atoms with Gasteiger partial charge in [-0.1, -0.05) is 18.2 Å². The Morgan fingerprint density at radius 3 is 2.62 bits per heavy atom. The van der Waals surface area contributed by atoms with Crippen molar-refractivity contribution in [1.29, 1.82) is 0 Å². The van der Waals surface area contributed by atoms with Crippen molar-refractivity contribution < 1.29 is 8.42 Å². The zero-order valence-electron chi connectivity index (χ0n) is 11.3. The maximum atomic E-state index is 12.6. The fourth-order valence-electron chi connectivity index (χ4n) is 1.81. The number of anilines is 1. The first-order valence-electron chi connectivity index (χ1n) is 6.12. The minimum atomic E-state index is -3.67. The predicted octanol–water partition coefficient (Wildman–Crippen LogP) is 3.43. The van der Waals surface area contributed by atoms with Gasteiger partial charge < -0.3 is 5.73 Å². The lowest BCUT2D eigenvalue weighted by atomic mass is 10.2. The second-order valence-electron chi connectivity index (χ2n) is 4.27. The van der Waals surface area contributed by atoms with Gasteiger partial charge in [-0.2, -0.15) is 0 Å². The first-order chi connectivity index (χ1) is 9.97. The minimum Gasteiger partial charge on any atom is -0.326 e. The Morgan fingerprint density at radius 2 is 1.95 bits per heavy atom. The lowest BCUT2D eigenvalue weighted by Gasteiger charge is -2.13. The normalized spacial score (nSPS) is 11.4. The summed E-state index contributed by atoms with van der Waals surface area (Å²) >= 11 is 4.76. The Hall–Kier alpha value is -1.02. The van der Waals surface area contributed by atoms with Crippen molar-refractivity contribution in [3.05, 3.63) is 52.5 Å². The summed E-state index contributed by atoms with van der Waals surface area (Å²) in [6.07, 6.45) is 1.90. The Labute approximate surface area is 137 Å². The van der Waals surface area contributed by atoms with E-state index in [2.05, 4.69) is 20.7 Å². The zero-order valence-corrected chi connectivity index (χ0v) is 14.6. The number of hydrogen-bond acceptors (Lipinski definition) is 4. The van der Waals surface area contributed by atoms with E-state index in [-0.39, 0.29) is 11.4 Å². The topological polar surface area (TPSA) is 72.2 Å². The molecule has 2 aromatic carbocycles. The van der Waals surface area contributed by atoms with Crippen LogP contribution in [0.4, 0.5) is 5.69 Å². The Balaban J connectivity index is 2.43. The molecule has 112 valence electrons. The molecular formula is C14H15BrN2O2S2. The van der Waals surface area contributed by atoms with Crippen molar-refractivity contribution >= 4 is 43.4 Å². The summed E-state index contributed by atoms with van der Waals surface area (Å²) in [7, 11) is -3.67. The third kappa shape index (κ3) is 3.79. The number of nitrogens with one attached hydrogen (secondary N) is 1. The van der Waals surface area contributed by atoms with Crippen LogP contribution < -0.4 is 10.5 Å². The van der Waals surface area contributed by atoms with Gasteiger partial charge in [-0.05, 0) is 52.0 Å². The maximum absolute atomic E-state index is 12.6. The number of nitrogens with two attached hydrogens (primary N) is 1. The third-order valence-corrected chi connectivity index (χ3v) is 6.03. The van der Waals surface area contributed by atoms with Crippen LogP contribution in [-0.4, -0.2) is 14.7 Å². The summed E-state index contributed by atoms with van der Waals surface area (Å²) < 4.78 is 28.3. The lowest BCUT2D eigenvalue weighted by molar-refractivity contribution is 0.600. The molecule has 0 aliphatic heterocycles. The summed E-state index contributed by atoms with van der Waals surface area (Å²) in [4.78, 5) is 1.05. The quantitative estimate of drug-likeness (QED) is 0.771. The number of rotatable bonds is 5. The molecule has 0 bridgehead atoms. The van der Waals surface area contributed by atoms with Gasteiger partial charge in [0.2, 0.25) is 0 Å². The summed E-state index contributed by atoms with van der Waals surface area (Å²) in [5.74, 6) is 0. The van der Waals surface area contributed by atoms with E-state index in [0.717, 1.165) is 10.5 Å². The van der Waals surface area contributed by atoms with Crippen LogP contribution in [-0.2, 0) is 16.6 Å². The third-order valence-electron chi connectivity index (χ3n) is 2.87. The molecule has 2 aromatic rings. The fourth-order valence-corrected chi connectivity index (χ4v) is 4.52. The van der Waals surface area contributed by atoms with Gasteiger partial charge in [-0.3, -0.25) is 4.72 Å². The molecule has 0 fully saturated rings. The number of halogens is 1. The van der Waals surface area contributed by atoms with Crippen molar-refractivity contribution in [1.82, 2.24) is 0 Å².